The van der Waals surface area contributed by atoms with E-state index in [1.54, 1.807) is 0 Å². The van der Waals surface area contributed by atoms with Crippen molar-refractivity contribution in [2.45, 2.75) is 38.8 Å². The maximum Gasteiger partial charge on any atom is 0.232 e. The number of aromatic nitrogens is 2. The average molecular weight is 344 g/mol. The van der Waals surface area contributed by atoms with Gasteiger partial charge in [0.05, 0.1) is 12.6 Å². The molecule has 0 bridgehead atoms. The van der Waals surface area contributed by atoms with E-state index in [2.05, 4.69) is 40.7 Å². The van der Waals surface area contributed by atoms with Crippen molar-refractivity contribution in [2.75, 3.05) is 32.7 Å². The van der Waals surface area contributed by atoms with Gasteiger partial charge in [-0.05, 0) is 5.56 Å². The molecule has 0 radical (unpaired) electrons. The van der Waals surface area contributed by atoms with E-state index in [0.717, 1.165) is 37.6 Å². The van der Waals surface area contributed by atoms with Gasteiger partial charge in [-0.2, -0.15) is 4.98 Å². The van der Waals surface area contributed by atoms with E-state index in [0.29, 0.717) is 19.0 Å². The van der Waals surface area contributed by atoms with E-state index in [4.69, 9.17) is 4.52 Å². The zero-order chi connectivity index (χ0) is 17.9. The third-order valence-corrected chi connectivity index (χ3v) is 4.56. The molecule has 0 unspecified atom stereocenters. The van der Waals surface area contributed by atoms with E-state index < -0.39 is 6.10 Å². The van der Waals surface area contributed by atoms with E-state index in [9.17, 15) is 5.11 Å². The van der Waals surface area contributed by atoms with Gasteiger partial charge in [0.15, 0.2) is 5.82 Å². The summed E-state index contributed by atoms with van der Waals surface area (Å²) in [5, 5.41) is 14.5. The highest BCUT2D eigenvalue weighted by Crippen LogP contribution is 2.20. The van der Waals surface area contributed by atoms with Crippen LogP contribution in [0.4, 0.5) is 0 Å². The van der Waals surface area contributed by atoms with Crippen molar-refractivity contribution in [1.82, 2.24) is 19.9 Å². The lowest BCUT2D eigenvalue weighted by molar-refractivity contribution is 0.0690. The topological polar surface area (TPSA) is 65.6 Å². The number of piperazine rings is 1. The summed E-state index contributed by atoms with van der Waals surface area (Å²) in [5.41, 5.74) is 0.865. The number of aliphatic hydroxyl groups excluding tert-OH is 1. The standard InChI is InChI=1S/C19H28N4O2/c1-19(2,3)18-20-17(21-25-18)14-23-11-9-22(10-12-23)13-16(24)15-7-5-4-6-8-15/h4-8,16,24H,9-14H2,1-3H3/t16-/m0/s1. The summed E-state index contributed by atoms with van der Waals surface area (Å²) < 4.78 is 5.36. The van der Waals surface area contributed by atoms with Crippen molar-refractivity contribution in [3.63, 3.8) is 0 Å². The Labute approximate surface area is 149 Å². The molecule has 1 aromatic carbocycles. The van der Waals surface area contributed by atoms with Gasteiger partial charge in [-0.25, -0.2) is 0 Å². The first-order chi connectivity index (χ1) is 11.9. The monoisotopic (exact) mass is 344 g/mol. The highest BCUT2D eigenvalue weighted by atomic mass is 16.5. The molecule has 1 aromatic heterocycles. The van der Waals surface area contributed by atoms with Crippen molar-refractivity contribution < 1.29 is 9.63 Å². The first-order valence-electron chi connectivity index (χ1n) is 8.92. The van der Waals surface area contributed by atoms with Crippen molar-refractivity contribution in [3.05, 3.63) is 47.6 Å². The molecule has 6 nitrogen and oxygen atoms in total. The highest BCUT2D eigenvalue weighted by Gasteiger charge is 2.24. The summed E-state index contributed by atoms with van der Waals surface area (Å²) in [4.78, 5) is 9.16. The predicted octanol–water partition coefficient (Wildman–Crippen LogP) is 2.22. The second-order valence-electron chi connectivity index (χ2n) is 7.77. The summed E-state index contributed by atoms with van der Waals surface area (Å²) in [6.45, 7) is 11.4. The fourth-order valence-electron chi connectivity index (χ4n) is 2.98. The van der Waals surface area contributed by atoms with Crippen LogP contribution in [0.2, 0.25) is 0 Å². The Hall–Kier alpha value is -1.76. The Morgan fingerprint density at radius 1 is 1.08 bits per heavy atom. The molecule has 25 heavy (non-hydrogen) atoms. The first-order valence-corrected chi connectivity index (χ1v) is 8.92. The third-order valence-electron chi connectivity index (χ3n) is 4.56. The summed E-state index contributed by atoms with van der Waals surface area (Å²) in [7, 11) is 0. The molecule has 0 aliphatic carbocycles. The summed E-state index contributed by atoms with van der Waals surface area (Å²) >= 11 is 0. The lowest BCUT2D eigenvalue weighted by Gasteiger charge is -2.35. The average Bonchev–Trinajstić information content (AvgIpc) is 3.06. The van der Waals surface area contributed by atoms with Gasteiger partial charge in [0.2, 0.25) is 5.89 Å². The number of rotatable bonds is 5. The normalized spacial score (nSPS) is 18.4. The molecule has 1 atom stereocenters. The molecule has 1 aliphatic rings. The second kappa shape index (κ2) is 7.64. The Balaban J connectivity index is 1.46. The number of hydrogen-bond donors (Lipinski definition) is 1. The van der Waals surface area contributed by atoms with Crippen LogP contribution in [0.25, 0.3) is 0 Å². The first kappa shape index (κ1) is 18.0. The fraction of sp³-hybridized carbons (Fsp3) is 0.579. The van der Waals surface area contributed by atoms with Gasteiger partial charge in [-0.1, -0.05) is 56.3 Å². The molecule has 1 N–H and O–H groups in total. The molecule has 0 amide bonds. The van der Waals surface area contributed by atoms with Gasteiger partial charge in [0.25, 0.3) is 0 Å². The molecular weight excluding hydrogens is 316 g/mol. The van der Waals surface area contributed by atoms with E-state index in [1.807, 2.05) is 30.3 Å². The molecule has 136 valence electrons. The molecule has 2 heterocycles. The second-order valence-corrected chi connectivity index (χ2v) is 7.77. The van der Waals surface area contributed by atoms with Gasteiger partial charge in [0, 0.05) is 38.1 Å². The van der Waals surface area contributed by atoms with Crippen molar-refractivity contribution >= 4 is 0 Å². The molecular formula is C19H28N4O2. The molecule has 1 aliphatic heterocycles. The Bertz CT molecular complexity index is 658. The van der Waals surface area contributed by atoms with Crippen LogP contribution in [0, 0.1) is 0 Å². The third kappa shape index (κ3) is 4.87. The zero-order valence-corrected chi connectivity index (χ0v) is 15.4. The van der Waals surface area contributed by atoms with E-state index >= 15 is 0 Å². The van der Waals surface area contributed by atoms with Crippen molar-refractivity contribution in [3.8, 4) is 0 Å². The van der Waals surface area contributed by atoms with Crippen LogP contribution in [0.1, 0.15) is 44.2 Å². The van der Waals surface area contributed by atoms with Crippen LogP contribution in [0.15, 0.2) is 34.9 Å². The number of β-amino-alcohol motifs (C(OH)–C–C–N with tert-alkyl or cyclic N) is 1. The van der Waals surface area contributed by atoms with Crippen molar-refractivity contribution in [1.29, 1.82) is 0 Å². The summed E-state index contributed by atoms with van der Waals surface area (Å²) in [6, 6.07) is 9.85. The molecule has 1 saturated heterocycles. The van der Waals surface area contributed by atoms with Crippen LogP contribution in [-0.2, 0) is 12.0 Å². The molecule has 3 rings (SSSR count). The Kier molecular flexibility index (Phi) is 5.51. The minimum Gasteiger partial charge on any atom is -0.387 e. The Morgan fingerprint density at radius 2 is 1.72 bits per heavy atom. The minimum absolute atomic E-state index is 0.114. The molecule has 6 heteroatoms. The molecule has 0 saturated carbocycles. The number of benzene rings is 1. The number of hydrogen-bond acceptors (Lipinski definition) is 6. The molecule has 0 spiro atoms. The minimum atomic E-state index is -0.431. The lowest BCUT2D eigenvalue weighted by atomic mass is 9.97. The summed E-state index contributed by atoms with van der Waals surface area (Å²) in [6.07, 6.45) is -0.431. The number of aliphatic hydroxyl groups is 1. The van der Waals surface area contributed by atoms with Crippen LogP contribution in [0.5, 0.6) is 0 Å². The Morgan fingerprint density at radius 3 is 2.32 bits per heavy atom. The lowest BCUT2D eigenvalue weighted by Crippen LogP contribution is -2.47. The van der Waals surface area contributed by atoms with Crippen molar-refractivity contribution in [2.24, 2.45) is 0 Å². The van der Waals surface area contributed by atoms with E-state index in [-0.39, 0.29) is 5.41 Å². The predicted molar refractivity (Wildman–Crippen MR) is 96.1 cm³/mol. The van der Waals surface area contributed by atoms with Gasteiger partial charge in [-0.15, -0.1) is 0 Å². The van der Waals surface area contributed by atoms with E-state index in [1.165, 1.54) is 0 Å². The maximum absolute atomic E-state index is 10.4. The van der Waals surface area contributed by atoms with Crippen LogP contribution in [0.3, 0.4) is 0 Å². The van der Waals surface area contributed by atoms with Gasteiger partial charge >= 0.3 is 0 Å². The van der Waals surface area contributed by atoms with Gasteiger partial charge < -0.3 is 9.63 Å². The molecule has 2 aromatic rings. The van der Waals surface area contributed by atoms with Crippen LogP contribution < -0.4 is 0 Å². The van der Waals surface area contributed by atoms with Gasteiger partial charge in [-0.3, -0.25) is 9.80 Å². The highest BCUT2D eigenvalue weighted by molar-refractivity contribution is 5.17. The SMILES string of the molecule is CC(C)(C)c1nc(CN2CCN(C[C@H](O)c3ccccc3)CC2)no1. The van der Waals surface area contributed by atoms with Gasteiger partial charge in [0.1, 0.15) is 0 Å². The fourth-order valence-corrected chi connectivity index (χ4v) is 2.98. The van der Waals surface area contributed by atoms with Crippen LogP contribution >= 0.6 is 0 Å². The smallest absolute Gasteiger partial charge is 0.232 e. The zero-order valence-electron chi connectivity index (χ0n) is 15.4. The summed E-state index contributed by atoms with van der Waals surface area (Å²) in [5.74, 6) is 1.44. The number of nitrogens with zero attached hydrogens (tertiary/aromatic N) is 4. The molecule has 1 fully saturated rings. The largest absolute Gasteiger partial charge is 0.387 e. The maximum atomic E-state index is 10.4. The van der Waals surface area contributed by atoms with Crippen LogP contribution in [-0.4, -0.2) is 57.8 Å². The quantitative estimate of drug-likeness (QED) is 0.897.